The van der Waals surface area contributed by atoms with Crippen molar-refractivity contribution >= 4 is 88.2 Å². The molecule has 94 heavy (non-hydrogen) atoms. The quantitative estimate of drug-likeness (QED) is 0.127. The molecule has 0 aliphatic heterocycles. The van der Waals surface area contributed by atoms with Crippen LogP contribution in [0.15, 0.2) is 320 Å². The monoisotopic (exact) mass is 1270 g/mol. The molecule has 0 heterocycles. The van der Waals surface area contributed by atoms with Crippen molar-refractivity contribution in [2.45, 2.75) is 38.5 Å². The van der Waals surface area contributed by atoms with Crippen LogP contribution in [0.25, 0.3) is 143 Å². The van der Waals surface area contributed by atoms with Crippen LogP contribution in [0.2, 0.25) is 0 Å². The summed E-state index contributed by atoms with van der Waals surface area (Å²) < 4.78 is 6.36. The second-order valence-corrected chi connectivity index (χ2v) is 26.8. The molecule has 2 aliphatic carbocycles. The minimum atomic E-state index is -0.0514. The Morgan fingerprint density at radius 1 is 0.277 bits per heavy atom. The fraction of sp³-hybridized carbons (Fsp3) is 0.0667. The van der Waals surface area contributed by atoms with E-state index >= 15 is 0 Å². The second-order valence-electron chi connectivity index (χ2n) is 25.9. The molecule has 16 aromatic rings. The van der Waals surface area contributed by atoms with Crippen molar-refractivity contribution in [3.05, 3.63) is 342 Å². The summed E-state index contributed by atoms with van der Waals surface area (Å²) in [5.41, 5.74) is 23.5. The fourth-order valence-corrected chi connectivity index (χ4v) is 16.1. The van der Waals surface area contributed by atoms with E-state index in [1.54, 1.807) is 0 Å². The summed E-state index contributed by atoms with van der Waals surface area (Å²) in [6, 6.07) is 114. The molecule has 0 amide bonds. The first-order valence-corrected chi connectivity index (χ1v) is 33.2. The third-order valence-corrected chi connectivity index (χ3v) is 20.3. The maximum Gasteiger partial charge on any atom is 0.569 e. The van der Waals surface area contributed by atoms with Gasteiger partial charge < -0.3 is 9.68 Å². The Hall–Kier alpha value is -10.6. The Morgan fingerprint density at radius 2 is 0.617 bits per heavy atom. The van der Waals surface area contributed by atoms with Crippen molar-refractivity contribution in [1.82, 2.24) is 0 Å². The molecule has 18 rings (SSSR count). The molecule has 1 radical (unpaired) electrons. The van der Waals surface area contributed by atoms with Gasteiger partial charge in [0, 0.05) is 15.3 Å². The first kappa shape index (κ1) is 58.5. The Morgan fingerprint density at radius 3 is 1.06 bits per heavy atom. The van der Waals surface area contributed by atoms with Crippen molar-refractivity contribution in [3.63, 3.8) is 0 Å². The number of fused-ring (bicyclic) bond motifs is 14. The molecule has 0 bridgehead atoms. The van der Waals surface area contributed by atoms with Gasteiger partial charge in [-0.25, -0.2) is 0 Å². The van der Waals surface area contributed by atoms with Gasteiger partial charge in [0.05, 0.1) is 0 Å². The zero-order valence-electron chi connectivity index (χ0n) is 52.8. The highest BCUT2D eigenvalue weighted by molar-refractivity contribution is 9.10. The molecule has 0 unspecified atom stereocenters. The van der Waals surface area contributed by atoms with Crippen LogP contribution in [0.5, 0.6) is 5.75 Å². The van der Waals surface area contributed by atoms with Crippen molar-refractivity contribution in [1.29, 1.82) is 0 Å². The predicted molar refractivity (Wildman–Crippen MR) is 403 cm³/mol. The molecule has 0 aromatic heterocycles. The molecule has 0 saturated carbocycles. The van der Waals surface area contributed by atoms with E-state index in [2.05, 4.69) is 335 Å². The minimum Gasteiger partial charge on any atom is -0.537 e. The van der Waals surface area contributed by atoms with Crippen molar-refractivity contribution in [3.8, 4) is 83.6 Å². The first-order chi connectivity index (χ1) is 46.0. The summed E-state index contributed by atoms with van der Waals surface area (Å²) in [4.78, 5) is 0. The standard InChI is InChI=1S/C45H32.C26H18BO2.C19H15Br/c1-45(2)41-26-24-32(28-40(41)39-25-23-29-13-6-7-18-34(29)44(39)45)31-16-12-17-33(27-31)43-37-21-10-8-19-35(37)42(30-14-4-3-5-15-30)36-20-9-11-22-38(36)43;28-27-29-20-12-8-11-19(17-20)26-23-15-6-4-13-21(23)25(18-9-2-1-3-10-18)22-14-5-7-16-24(22)26;1-19(2)17-10-8-13(20)11-16(17)15-9-7-12-5-3-4-6-14(12)18(15)19/h3-28H,1-2H3;1-17,28H;3-11H,1-2H3. The van der Waals surface area contributed by atoms with Crippen LogP contribution in [0, 0.1) is 0 Å². The van der Waals surface area contributed by atoms with E-state index in [4.69, 9.17) is 9.68 Å². The largest absolute Gasteiger partial charge is 0.569 e. The molecule has 0 spiro atoms. The number of benzene rings is 16. The third-order valence-electron chi connectivity index (χ3n) is 19.8. The van der Waals surface area contributed by atoms with E-state index < -0.39 is 0 Å². The topological polar surface area (TPSA) is 29.5 Å². The van der Waals surface area contributed by atoms with Crippen LogP contribution < -0.4 is 4.65 Å². The lowest BCUT2D eigenvalue weighted by Gasteiger charge is -2.23. The highest BCUT2D eigenvalue weighted by Gasteiger charge is 2.38. The van der Waals surface area contributed by atoms with Crippen LogP contribution in [-0.4, -0.2) is 12.7 Å². The summed E-state index contributed by atoms with van der Waals surface area (Å²) in [7, 11) is 0.716. The third kappa shape index (κ3) is 9.91. The summed E-state index contributed by atoms with van der Waals surface area (Å²) in [6.45, 7) is 9.41. The molecule has 447 valence electrons. The van der Waals surface area contributed by atoms with Crippen molar-refractivity contribution in [2.24, 2.45) is 0 Å². The zero-order chi connectivity index (χ0) is 63.7. The molecule has 0 atom stereocenters. The fourth-order valence-electron chi connectivity index (χ4n) is 15.7. The summed E-state index contributed by atoms with van der Waals surface area (Å²) in [6.07, 6.45) is 0. The van der Waals surface area contributed by atoms with Gasteiger partial charge in [0.25, 0.3) is 0 Å². The van der Waals surface area contributed by atoms with Gasteiger partial charge in [0.15, 0.2) is 0 Å². The van der Waals surface area contributed by atoms with Crippen LogP contribution in [0.1, 0.15) is 49.9 Å². The SMILES string of the molecule is CC1(C)c2ccc(-c3cccc(-c4c5ccccc5c(-c5ccccc5)c5ccccc45)c3)cc2-c2ccc3ccccc3c21.CC1(C)c2ccc(Br)cc2-c2ccc3ccccc3c21.O[B]Oc1cccc(-c2c3ccccc3c(-c3ccccc3)c3ccccc23)c1. The van der Waals surface area contributed by atoms with Gasteiger partial charge in [-0.05, 0) is 201 Å². The molecule has 16 aromatic carbocycles. The van der Waals surface area contributed by atoms with E-state index in [1.165, 1.54) is 159 Å². The number of halogens is 1. The van der Waals surface area contributed by atoms with Gasteiger partial charge in [-0.3, -0.25) is 0 Å². The molecule has 2 aliphatic rings. The maximum atomic E-state index is 9.04. The van der Waals surface area contributed by atoms with Gasteiger partial charge in [0.1, 0.15) is 5.75 Å². The molecule has 1 N–H and O–H groups in total. The van der Waals surface area contributed by atoms with E-state index in [0.717, 1.165) is 10.0 Å². The van der Waals surface area contributed by atoms with Crippen molar-refractivity contribution in [2.75, 3.05) is 0 Å². The van der Waals surface area contributed by atoms with Gasteiger partial charge in [-0.1, -0.05) is 323 Å². The lowest BCUT2D eigenvalue weighted by molar-refractivity contribution is 0.454. The van der Waals surface area contributed by atoms with Gasteiger partial charge >= 0.3 is 7.69 Å². The average molecular weight is 1270 g/mol. The normalized spacial score (nSPS) is 13.0. The average Bonchev–Trinajstić information content (AvgIpc) is 1.56. The number of rotatable bonds is 7. The molecule has 2 nitrogen and oxygen atoms in total. The Kier molecular flexibility index (Phi) is 14.8. The molecule has 4 heteroatoms. The minimum absolute atomic E-state index is 0.0514. The van der Waals surface area contributed by atoms with E-state index in [9.17, 15) is 0 Å². The zero-order valence-corrected chi connectivity index (χ0v) is 54.4. The predicted octanol–water partition coefficient (Wildman–Crippen LogP) is 24.6. The lowest BCUT2D eigenvalue weighted by Crippen LogP contribution is -2.15. The summed E-state index contributed by atoms with van der Waals surface area (Å²) >= 11 is 3.60. The summed E-state index contributed by atoms with van der Waals surface area (Å²) in [5, 5.41) is 24.3. The Bertz CT molecular complexity index is 5540. The highest BCUT2D eigenvalue weighted by Crippen LogP contribution is 2.54. The molecule has 0 saturated heterocycles. The Labute approximate surface area is 558 Å². The van der Waals surface area contributed by atoms with Gasteiger partial charge in [-0.2, -0.15) is 0 Å². The van der Waals surface area contributed by atoms with E-state index in [1.807, 2.05) is 24.3 Å². The van der Waals surface area contributed by atoms with Crippen LogP contribution in [0.4, 0.5) is 0 Å². The number of hydrogen-bond acceptors (Lipinski definition) is 2. The number of hydrogen-bond donors (Lipinski definition) is 1. The molecular formula is C90H65BBrO2. The molecule has 0 fully saturated rings. The van der Waals surface area contributed by atoms with E-state index in [-0.39, 0.29) is 10.8 Å². The van der Waals surface area contributed by atoms with E-state index in [0.29, 0.717) is 13.4 Å². The maximum absolute atomic E-state index is 9.04. The smallest absolute Gasteiger partial charge is 0.537 e. The Balaban J connectivity index is 0.000000122. The van der Waals surface area contributed by atoms with Gasteiger partial charge in [0.2, 0.25) is 0 Å². The van der Waals surface area contributed by atoms with Crippen molar-refractivity contribution < 1.29 is 9.68 Å². The highest BCUT2D eigenvalue weighted by atomic mass is 79.9. The molecular weight excluding hydrogens is 1200 g/mol. The first-order valence-electron chi connectivity index (χ1n) is 32.4. The van der Waals surface area contributed by atoms with Crippen LogP contribution in [-0.2, 0) is 10.8 Å². The van der Waals surface area contributed by atoms with Crippen LogP contribution >= 0.6 is 15.9 Å². The second kappa shape index (κ2) is 23.8. The van der Waals surface area contributed by atoms with Crippen LogP contribution in [0.3, 0.4) is 0 Å². The lowest BCUT2D eigenvalue weighted by atomic mass is 9.80. The summed E-state index contributed by atoms with van der Waals surface area (Å²) in [5.74, 6) is 0.602. The van der Waals surface area contributed by atoms with Gasteiger partial charge in [-0.15, -0.1) is 0 Å².